The fourth-order valence-electron chi connectivity index (χ4n) is 4.83. The van der Waals surface area contributed by atoms with Gasteiger partial charge in [0, 0.05) is 38.2 Å². The molecular formula is C22H26N4O. The van der Waals surface area contributed by atoms with Crippen molar-refractivity contribution in [2.45, 2.75) is 25.8 Å². The fourth-order valence-corrected chi connectivity index (χ4v) is 4.83. The number of piperidine rings is 1. The van der Waals surface area contributed by atoms with E-state index in [1.807, 2.05) is 36.8 Å². The second-order valence-corrected chi connectivity index (χ2v) is 7.94. The van der Waals surface area contributed by atoms with E-state index in [0.717, 1.165) is 48.3 Å². The van der Waals surface area contributed by atoms with Crippen LogP contribution in [0.4, 0.5) is 5.82 Å². The molecule has 0 aromatic carbocycles. The second kappa shape index (κ2) is 7.31. The van der Waals surface area contributed by atoms with Gasteiger partial charge in [0.15, 0.2) is 0 Å². The predicted octanol–water partition coefficient (Wildman–Crippen LogP) is 3.96. The smallest absolute Gasteiger partial charge is 0.139 e. The number of nitrogens with zero attached hydrogens (tertiary/aromatic N) is 4. The Morgan fingerprint density at radius 1 is 1.00 bits per heavy atom. The molecule has 5 heteroatoms. The molecule has 0 spiro atoms. The highest BCUT2D eigenvalue weighted by Gasteiger charge is 2.33. The van der Waals surface area contributed by atoms with E-state index in [2.05, 4.69) is 25.8 Å². The minimum absolute atomic E-state index is 0.787. The van der Waals surface area contributed by atoms with Crippen LogP contribution in [0.1, 0.15) is 24.8 Å². The molecule has 3 aromatic rings. The van der Waals surface area contributed by atoms with Crippen LogP contribution in [0.15, 0.2) is 53.5 Å². The van der Waals surface area contributed by atoms with E-state index in [-0.39, 0.29) is 0 Å². The maximum atomic E-state index is 5.55. The topological polar surface area (TPSA) is 45.4 Å². The van der Waals surface area contributed by atoms with Gasteiger partial charge >= 0.3 is 0 Å². The lowest BCUT2D eigenvalue weighted by molar-refractivity contribution is 0.147. The van der Waals surface area contributed by atoms with Crippen LogP contribution < -0.4 is 4.90 Å². The van der Waals surface area contributed by atoms with Gasteiger partial charge in [-0.05, 0) is 68.0 Å². The normalized spacial score (nSPS) is 21.9. The molecule has 5 nitrogen and oxygen atoms in total. The highest BCUT2D eigenvalue weighted by molar-refractivity contribution is 5.88. The van der Waals surface area contributed by atoms with Crippen LogP contribution in [0.2, 0.25) is 0 Å². The van der Waals surface area contributed by atoms with Crippen LogP contribution in [0.5, 0.6) is 0 Å². The number of likely N-dealkylation sites (tertiary alicyclic amines) is 1. The van der Waals surface area contributed by atoms with Gasteiger partial charge in [0.25, 0.3) is 0 Å². The monoisotopic (exact) mass is 362 g/mol. The first-order chi connectivity index (χ1) is 13.4. The van der Waals surface area contributed by atoms with Crippen molar-refractivity contribution in [3.05, 3.63) is 54.7 Å². The average Bonchev–Trinajstić information content (AvgIpc) is 3.39. The number of hydrogen-bond acceptors (Lipinski definition) is 5. The molecule has 2 saturated heterocycles. The second-order valence-electron chi connectivity index (χ2n) is 7.94. The molecule has 2 aliphatic heterocycles. The molecule has 3 aromatic heterocycles. The molecule has 5 heterocycles. The summed E-state index contributed by atoms with van der Waals surface area (Å²) in [4.78, 5) is 13.9. The first kappa shape index (κ1) is 16.8. The first-order valence-electron chi connectivity index (χ1n) is 10.1. The summed E-state index contributed by atoms with van der Waals surface area (Å²) in [6.45, 7) is 5.67. The van der Waals surface area contributed by atoms with Crippen molar-refractivity contribution in [1.82, 2.24) is 14.9 Å². The minimum Gasteiger partial charge on any atom is -0.464 e. The molecule has 2 fully saturated rings. The number of anilines is 1. The highest BCUT2D eigenvalue weighted by atomic mass is 16.3. The third-order valence-electron chi connectivity index (χ3n) is 6.31. The summed E-state index contributed by atoms with van der Waals surface area (Å²) >= 11 is 0. The summed E-state index contributed by atoms with van der Waals surface area (Å²) in [7, 11) is 0. The van der Waals surface area contributed by atoms with E-state index in [0.29, 0.717) is 0 Å². The lowest BCUT2D eigenvalue weighted by Gasteiger charge is -2.34. The van der Waals surface area contributed by atoms with Crippen molar-refractivity contribution in [3.63, 3.8) is 0 Å². The molecule has 1 unspecified atom stereocenters. The predicted molar refractivity (Wildman–Crippen MR) is 107 cm³/mol. The summed E-state index contributed by atoms with van der Waals surface area (Å²) in [6.07, 6.45) is 11.4. The third kappa shape index (κ3) is 3.44. The third-order valence-corrected chi connectivity index (χ3v) is 6.31. The van der Waals surface area contributed by atoms with Crippen molar-refractivity contribution >= 4 is 16.8 Å². The maximum Gasteiger partial charge on any atom is 0.139 e. The summed E-state index contributed by atoms with van der Waals surface area (Å²) in [5.41, 5.74) is 2.26. The Bertz CT molecular complexity index is 885. The van der Waals surface area contributed by atoms with E-state index in [1.54, 1.807) is 6.26 Å². The lowest BCUT2D eigenvalue weighted by Crippen LogP contribution is -2.36. The standard InChI is InChI=1S/C22H26N4O/c1-2-17(14-23-8-1)15-25-10-4-18(5-11-25)19-6-12-26(16-19)22-20-7-13-27-21(20)3-9-24-22/h1-3,7-9,13-14,18-19H,4-6,10-12,15-16H2. The number of pyridine rings is 2. The Hall–Kier alpha value is -2.40. The fraction of sp³-hybridized carbons (Fsp3) is 0.455. The molecule has 27 heavy (non-hydrogen) atoms. The Morgan fingerprint density at radius 3 is 2.74 bits per heavy atom. The van der Waals surface area contributed by atoms with Crippen LogP contribution in [0, 0.1) is 11.8 Å². The molecule has 1 atom stereocenters. The number of furan rings is 1. The molecule has 0 aliphatic carbocycles. The van der Waals surface area contributed by atoms with Crippen LogP contribution in [-0.2, 0) is 6.54 Å². The molecule has 0 N–H and O–H groups in total. The van der Waals surface area contributed by atoms with Gasteiger partial charge in [-0.25, -0.2) is 4.98 Å². The van der Waals surface area contributed by atoms with Crippen LogP contribution >= 0.6 is 0 Å². The Morgan fingerprint density at radius 2 is 1.89 bits per heavy atom. The zero-order valence-corrected chi connectivity index (χ0v) is 15.6. The van der Waals surface area contributed by atoms with Gasteiger partial charge in [-0.1, -0.05) is 6.07 Å². The first-order valence-corrected chi connectivity index (χ1v) is 10.1. The van der Waals surface area contributed by atoms with E-state index in [9.17, 15) is 0 Å². The highest BCUT2D eigenvalue weighted by Crippen LogP contribution is 2.35. The number of rotatable bonds is 4. The Labute approximate surface area is 160 Å². The molecule has 140 valence electrons. The van der Waals surface area contributed by atoms with Crippen LogP contribution in [-0.4, -0.2) is 41.0 Å². The number of hydrogen-bond donors (Lipinski definition) is 0. The molecule has 0 saturated carbocycles. The lowest BCUT2D eigenvalue weighted by atomic mass is 9.83. The number of fused-ring (bicyclic) bond motifs is 1. The minimum atomic E-state index is 0.787. The van der Waals surface area contributed by atoms with Crippen molar-refractivity contribution in [2.75, 3.05) is 31.1 Å². The van der Waals surface area contributed by atoms with Gasteiger partial charge in [0.1, 0.15) is 11.4 Å². The van der Waals surface area contributed by atoms with Gasteiger partial charge < -0.3 is 9.32 Å². The van der Waals surface area contributed by atoms with Gasteiger partial charge in [-0.2, -0.15) is 0 Å². The van der Waals surface area contributed by atoms with Gasteiger partial charge in [0.05, 0.1) is 11.6 Å². The molecule has 0 bridgehead atoms. The number of aromatic nitrogens is 2. The molecular weight excluding hydrogens is 336 g/mol. The van der Waals surface area contributed by atoms with Gasteiger partial charge in [-0.15, -0.1) is 0 Å². The van der Waals surface area contributed by atoms with E-state index in [4.69, 9.17) is 4.42 Å². The van der Waals surface area contributed by atoms with Gasteiger partial charge in [0.2, 0.25) is 0 Å². The zero-order chi connectivity index (χ0) is 18.1. The van der Waals surface area contributed by atoms with Gasteiger partial charge in [-0.3, -0.25) is 9.88 Å². The maximum absolute atomic E-state index is 5.55. The van der Waals surface area contributed by atoms with E-state index < -0.39 is 0 Å². The van der Waals surface area contributed by atoms with Crippen molar-refractivity contribution < 1.29 is 4.42 Å². The molecule has 0 radical (unpaired) electrons. The van der Waals surface area contributed by atoms with Crippen LogP contribution in [0.3, 0.4) is 0 Å². The Balaban J connectivity index is 1.19. The van der Waals surface area contributed by atoms with Crippen molar-refractivity contribution in [1.29, 1.82) is 0 Å². The molecule has 0 amide bonds. The van der Waals surface area contributed by atoms with E-state index >= 15 is 0 Å². The largest absolute Gasteiger partial charge is 0.464 e. The summed E-state index contributed by atoms with van der Waals surface area (Å²) < 4.78 is 5.55. The van der Waals surface area contributed by atoms with Crippen LogP contribution in [0.25, 0.3) is 11.0 Å². The summed E-state index contributed by atoms with van der Waals surface area (Å²) in [5.74, 6) is 2.72. The molecule has 2 aliphatic rings. The zero-order valence-electron chi connectivity index (χ0n) is 15.6. The van der Waals surface area contributed by atoms with Crippen molar-refractivity contribution in [3.8, 4) is 0 Å². The summed E-state index contributed by atoms with van der Waals surface area (Å²) in [6, 6.07) is 8.20. The molecule has 5 rings (SSSR count). The quantitative estimate of drug-likeness (QED) is 0.703. The summed E-state index contributed by atoms with van der Waals surface area (Å²) in [5, 5.41) is 1.14. The average molecular weight is 362 g/mol. The van der Waals surface area contributed by atoms with E-state index in [1.165, 1.54) is 37.9 Å². The van der Waals surface area contributed by atoms with Crippen molar-refractivity contribution in [2.24, 2.45) is 11.8 Å². The Kier molecular flexibility index (Phi) is 4.54. The SMILES string of the molecule is c1cncc(CN2CCC(C3CCN(c4nccc5occc45)C3)CC2)c1.